The summed E-state index contributed by atoms with van der Waals surface area (Å²) >= 11 is 0. The van der Waals surface area contributed by atoms with Crippen molar-refractivity contribution in [3.8, 4) is 11.5 Å². The Balaban J connectivity index is 1.49. The largest absolute Gasteiger partial charge is 0.504 e. The van der Waals surface area contributed by atoms with Crippen LogP contribution in [-0.2, 0) is 59.6 Å². The van der Waals surface area contributed by atoms with E-state index in [1.807, 2.05) is 11.9 Å². The molecule has 1 fully saturated rings. The van der Waals surface area contributed by atoms with Crippen molar-refractivity contribution in [3.63, 3.8) is 0 Å². The third kappa shape index (κ3) is 5.19. The van der Waals surface area contributed by atoms with E-state index in [4.69, 9.17) is 28.8 Å². The number of likely N-dealkylation sites (N-methyl/N-ethyl adjacent to an activating group) is 1. The number of piperidine rings is 1. The second-order valence-electron chi connectivity index (χ2n) is 11.7. The summed E-state index contributed by atoms with van der Waals surface area (Å²) in [7, 11) is 1.90. The highest BCUT2D eigenvalue weighted by molar-refractivity contribution is 5.92. The van der Waals surface area contributed by atoms with E-state index in [9.17, 15) is 39.0 Å². The number of carboxylic acid groups (broad SMARTS) is 1. The molecule has 1 spiro atoms. The summed E-state index contributed by atoms with van der Waals surface area (Å²) in [5.74, 6) is -7.54. The third-order valence-corrected chi connectivity index (χ3v) is 8.97. The number of ketones is 1. The van der Waals surface area contributed by atoms with Gasteiger partial charge in [-0.25, -0.2) is 9.59 Å². The average molecular weight is 632 g/mol. The number of phenolic OH excluding ortho intramolecular Hbond substituents is 1. The minimum Gasteiger partial charge on any atom is -0.504 e. The summed E-state index contributed by atoms with van der Waals surface area (Å²) in [6.07, 6.45) is -6.05. The van der Waals surface area contributed by atoms with E-state index in [1.165, 1.54) is 12.1 Å². The molecule has 1 aromatic rings. The molecule has 3 N–H and O–H groups in total. The number of carboxylic acids is 1. The van der Waals surface area contributed by atoms with Gasteiger partial charge in [0, 0.05) is 31.9 Å². The van der Waals surface area contributed by atoms with Crippen LogP contribution < -0.4 is 4.74 Å². The Kier molecular flexibility index (Phi) is 8.12. The van der Waals surface area contributed by atoms with Gasteiger partial charge in [-0.15, -0.1) is 0 Å². The van der Waals surface area contributed by atoms with Gasteiger partial charge in [-0.1, -0.05) is 6.07 Å². The molecule has 5 rings (SSSR count). The maximum atomic E-state index is 13.7. The van der Waals surface area contributed by atoms with Crippen molar-refractivity contribution in [2.45, 2.75) is 87.9 Å². The molecule has 0 saturated carbocycles. The fraction of sp³-hybridized carbons (Fsp3) is 0.533. The summed E-state index contributed by atoms with van der Waals surface area (Å²) < 4.78 is 26.9. The number of aromatic hydroxyl groups is 1. The Morgan fingerprint density at radius 2 is 1.67 bits per heavy atom. The fourth-order valence-electron chi connectivity index (χ4n) is 7.07. The van der Waals surface area contributed by atoms with Crippen LogP contribution in [0.15, 0.2) is 24.0 Å². The number of rotatable bonds is 10. The number of Topliss-reactive ketones (excluding diaryl/α,β-unsaturated/α-hetero) is 1. The molecule has 45 heavy (non-hydrogen) atoms. The molecule has 0 amide bonds. The van der Waals surface area contributed by atoms with Crippen molar-refractivity contribution < 1.29 is 67.8 Å². The molecular weight excluding hydrogens is 598 g/mol. The van der Waals surface area contributed by atoms with Gasteiger partial charge >= 0.3 is 29.8 Å². The van der Waals surface area contributed by atoms with Crippen LogP contribution in [0.4, 0.5) is 0 Å². The molecule has 0 unspecified atom stereocenters. The molecule has 7 atom stereocenters. The predicted molar refractivity (Wildman–Crippen MR) is 147 cm³/mol. The highest BCUT2D eigenvalue weighted by Gasteiger charge is 2.72. The summed E-state index contributed by atoms with van der Waals surface area (Å²) in [5.41, 5.74) is -1.03. The van der Waals surface area contributed by atoms with Crippen molar-refractivity contribution in [3.05, 3.63) is 35.1 Å². The maximum absolute atomic E-state index is 13.7. The van der Waals surface area contributed by atoms with Gasteiger partial charge in [0.25, 0.3) is 0 Å². The summed E-state index contributed by atoms with van der Waals surface area (Å²) in [5, 5.41) is 32.1. The molecule has 1 saturated heterocycles. The van der Waals surface area contributed by atoms with E-state index in [0.29, 0.717) is 24.9 Å². The van der Waals surface area contributed by atoms with Gasteiger partial charge < -0.3 is 43.9 Å². The number of hydrogen-bond donors (Lipinski definition) is 3. The third-order valence-electron chi connectivity index (χ3n) is 8.97. The van der Waals surface area contributed by atoms with Gasteiger partial charge in [0.15, 0.2) is 29.5 Å². The number of hydrogen-bond acceptors (Lipinski definition) is 14. The smallest absolute Gasteiger partial charge is 0.357 e. The number of likely N-dealkylation sites (tertiary alicyclic amines) is 1. The molecule has 242 valence electrons. The van der Waals surface area contributed by atoms with Crippen LogP contribution in [0.3, 0.4) is 0 Å². The molecule has 0 radical (unpaired) electrons. The highest BCUT2D eigenvalue weighted by Crippen LogP contribution is 2.65. The van der Waals surface area contributed by atoms with Gasteiger partial charge in [-0.2, -0.15) is 0 Å². The monoisotopic (exact) mass is 631 g/mol. The summed E-state index contributed by atoms with van der Waals surface area (Å²) in [6.45, 7) is 3.33. The zero-order valence-electron chi connectivity index (χ0n) is 24.9. The molecule has 2 aliphatic heterocycles. The van der Waals surface area contributed by atoms with Gasteiger partial charge in [0.1, 0.15) is 5.76 Å². The van der Waals surface area contributed by atoms with Crippen molar-refractivity contribution in [1.82, 2.24) is 4.90 Å². The number of nitrogens with zero attached hydrogens (tertiary/aromatic N) is 1. The summed E-state index contributed by atoms with van der Waals surface area (Å²) in [6, 6.07) is 2.93. The Morgan fingerprint density at radius 3 is 2.27 bits per heavy atom. The molecule has 2 bridgehead atoms. The van der Waals surface area contributed by atoms with Gasteiger partial charge in [0.05, 0.1) is 17.4 Å². The van der Waals surface area contributed by atoms with Crippen LogP contribution in [0.25, 0.3) is 0 Å². The second-order valence-corrected chi connectivity index (χ2v) is 11.7. The Morgan fingerprint density at radius 1 is 1.02 bits per heavy atom. The molecule has 0 aromatic heterocycles. The van der Waals surface area contributed by atoms with E-state index in [-0.39, 0.29) is 29.7 Å². The number of benzene rings is 1. The molecule has 1 aromatic carbocycles. The van der Waals surface area contributed by atoms with Crippen LogP contribution in [0.1, 0.15) is 51.2 Å². The number of aliphatic carboxylic acids is 1. The SMILES string of the molecule is CC(=O)O[C@@H](C(=O)OC1=CC[C@@]2(O)[C@H]3Cc4ccc(O)c5c4[C@@]2(CCN3C)[C@H]1O5)[C@@H](OC(C)=O)C(=O)O[C@H](CC(=O)O)C(C)=O. The molecular formula is C30H33NO14. The quantitative estimate of drug-likeness (QED) is 0.230. The zero-order chi connectivity index (χ0) is 33.0. The summed E-state index contributed by atoms with van der Waals surface area (Å²) in [4.78, 5) is 76.0. The first kappa shape index (κ1) is 31.9. The van der Waals surface area contributed by atoms with Crippen molar-refractivity contribution in [1.29, 1.82) is 0 Å². The van der Waals surface area contributed by atoms with Crippen LogP contribution in [0.2, 0.25) is 0 Å². The van der Waals surface area contributed by atoms with Crippen LogP contribution >= 0.6 is 0 Å². The van der Waals surface area contributed by atoms with Gasteiger partial charge in [-0.3, -0.25) is 19.2 Å². The number of carbonyl (C=O) groups is 6. The predicted octanol–water partition coefficient (Wildman–Crippen LogP) is 0.0520. The van der Waals surface area contributed by atoms with Crippen LogP contribution in [0, 0.1) is 0 Å². The van der Waals surface area contributed by atoms with Gasteiger partial charge in [0.2, 0.25) is 12.2 Å². The van der Waals surface area contributed by atoms with E-state index < -0.39 is 77.5 Å². The minimum atomic E-state index is -2.28. The van der Waals surface area contributed by atoms with Crippen LogP contribution in [-0.4, -0.2) is 106 Å². The lowest BCUT2D eigenvalue weighted by atomic mass is 9.50. The first-order valence-electron chi connectivity index (χ1n) is 14.2. The van der Waals surface area contributed by atoms with E-state index in [1.54, 1.807) is 6.07 Å². The van der Waals surface area contributed by atoms with E-state index in [2.05, 4.69) is 0 Å². The molecule has 2 heterocycles. The highest BCUT2D eigenvalue weighted by atomic mass is 16.6. The molecule has 2 aliphatic carbocycles. The molecule has 15 nitrogen and oxygen atoms in total. The lowest BCUT2D eigenvalue weighted by molar-refractivity contribution is -0.194. The lowest BCUT2D eigenvalue weighted by Gasteiger charge is -2.61. The van der Waals surface area contributed by atoms with E-state index in [0.717, 1.165) is 26.3 Å². The first-order valence-corrected chi connectivity index (χ1v) is 14.2. The average Bonchev–Trinajstić information content (AvgIpc) is 3.30. The van der Waals surface area contributed by atoms with Crippen molar-refractivity contribution >= 4 is 35.6 Å². The normalized spacial score (nSPS) is 27.8. The van der Waals surface area contributed by atoms with Crippen LogP contribution in [0.5, 0.6) is 11.5 Å². The first-order chi connectivity index (χ1) is 21.1. The fourth-order valence-corrected chi connectivity index (χ4v) is 7.07. The van der Waals surface area contributed by atoms with E-state index >= 15 is 0 Å². The Hall–Kier alpha value is -4.50. The maximum Gasteiger partial charge on any atom is 0.357 e. The molecule has 4 aliphatic rings. The second kappa shape index (κ2) is 11.5. The number of ether oxygens (including phenoxy) is 5. The molecule has 15 heteroatoms. The minimum absolute atomic E-state index is 0.0160. The lowest BCUT2D eigenvalue weighted by Crippen LogP contribution is -2.74. The number of esters is 4. The number of carbonyl (C=O) groups excluding carboxylic acids is 5. The topological polar surface area (TPSA) is 212 Å². The standard InChI is InChI=1S/C30H33NO14/c1-13(32)19(12-21(36)37)44-28(39)25(42-15(3)34)24(41-14(2)33)27(38)43-18-7-8-30(40)20-11-16-5-6-17(35)23-22(16)29(30,26(18)45-23)9-10-31(20)4/h5-7,19-20,24-26,35,40H,8-12H2,1-4H3,(H,36,37)/t19-,20-,24-,25-,26+,29+,30-/m1/s1. The number of phenols is 1. The number of aliphatic hydroxyl groups is 1. The van der Waals surface area contributed by atoms with Gasteiger partial charge in [-0.05, 0) is 51.1 Å². The van der Waals surface area contributed by atoms with Crippen molar-refractivity contribution in [2.75, 3.05) is 13.6 Å². The Bertz CT molecular complexity index is 1520. The Labute approximate surface area is 256 Å². The zero-order valence-corrected chi connectivity index (χ0v) is 24.9. The van der Waals surface area contributed by atoms with Crippen molar-refractivity contribution in [2.24, 2.45) is 0 Å².